The van der Waals surface area contributed by atoms with Crippen LogP contribution in [-0.2, 0) is 10.3 Å². The van der Waals surface area contributed by atoms with Crippen LogP contribution in [0.1, 0.15) is 45.8 Å². The van der Waals surface area contributed by atoms with Crippen LogP contribution in [0, 0.1) is 27.7 Å². The van der Waals surface area contributed by atoms with Crippen LogP contribution in [0.15, 0.2) is 121 Å². The molecule has 214 valence electrons. The normalized spacial score (nSPS) is 19.0. The number of carboxylic acid groups (broad SMARTS) is 1. The first-order valence-corrected chi connectivity index (χ1v) is 14.3. The molecule has 0 aromatic heterocycles. The van der Waals surface area contributed by atoms with E-state index in [0.717, 1.165) is 39.3 Å². The van der Waals surface area contributed by atoms with Crippen molar-refractivity contribution in [3.63, 3.8) is 0 Å². The molecule has 0 saturated heterocycles. The minimum absolute atomic E-state index is 0.160. The maximum atomic E-state index is 12.2. The van der Waals surface area contributed by atoms with Crippen molar-refractivity contribution < 1.29 is 14.6 Å². The van der Waals surface area contributed by atoms with Gasteiger partial charge < -0.3 is 20.1 Å². The van der Waals surface area contributed by atoms with Crippen LogP contribution < -0.4 is 10.2 Å². The van der Waals surface area contributed by atoms with Gasteiger partial charge >= 0.3 is 6.16 Å². The number of hydrogen-bond donors (Lipinski definition) is 2. The van der Waals surface area contributed by atoms with E-state index in [-0.39, 0.29) is 6.04 Å². The molecule has 5 rings (SSSR count). The number of nitrogens with zero attached hydrogens (tertiary/aromatic N) is 1. The van der Waals surface area contributed by atoms with Crippen LogP contribution in [0.25, 0.3) is 0 Å². The van der Waals surface area contributed by atoms with Gasteiger partial charge in [-0.1, -0.05) is 102 Å². The van der Waals surface area contributed by atoms with Gasteiger partial charge in [0.1, 0.15) is 5.54 Å². The Kier molecular flexibility index (Phi) is 8.21. The molecule has 3 unspecified atom stereocenters. The molecule has 2 N–H and O–H groups in total. The van der Waals surface area contributed by atoms with Crippen molar-refractivity contribution in [2.75, 3.05) is 10.2 Å². The molecule has 5 nitrogen and oxygen atoms in total. The van der Waals surface area contributed by atoms with E-state index < -0.39 is 17.8 Å². The zero-order valence-corrected chi connectivity index (χ0v) is 24.7. The Bertz CT molecular complexity index is 1570. The number of hydrogen-bond acceptors (Lipinski definition) is 4. The Balaban J connectivity index is 1.83. The van der Waals surface area contributed by atoms with E-state index in [9.17, 15) is 9.90 Å². The second-order valence-electron chi connectivity index (χ2n) is 11.2. The molecule has 1 aliphatic rings. The fourth-order valence-corrected chi connectivity index (χ4v) is 5.87. The average Bonchev–Trinajstić information content (AvgIpc) is 2.98. The van der Waals surface area contributed by atoms with Crippen LogP contribution in [-0.4, -0.2) is 17.4 Å². The van der Waals surface area contributed by atoms with Crippen LogP contribution >= 0.6 is 0 Å². The molecule has 0 bridgehead atoms. The van der Waals surface area contributed by atoms with Gasteiger partial charge in [-0.2, -0.15) is 0 Å². The fraction of sp³-hybridized carbons (Fsp3) is 0.216. The summed E-state index contributed by atoms with van der Waals surface area (Å²) in [6.45, 7) is 12.3. The molecule has 0 amide bonds. The van der Waals surface area contributed by atoms with E-state index in [4.69, 9.17) is 4.74 Å². The van der Waals surface area contributed by atoms with Gasteiger partial charge in [-0.05, 0) is 75.2 Å². The molecule has 0 aliphatic carbocycles. The van der Waals surface area contributed by atoms with Crippen LogP contribution in [0.4, 0.5) is 16.2 Å². The first-order valence-electron chi connectivity index (χ1n) is 14.3. The molecule has 0 saturated carbocycles. The van der Waals surface area contributed by atoms with Crippen LogP contribution in [0.5, 0.6) is 0 Å². The van der Waals surface area contributed by atoms with E-state index in [1.165, 1.54) is 11.1 Å². The highest BCUT2D eigenvalue weighted by atomic mass is 16.7. The highest BCUT2D eigenvalue weighted by Gasteiger charge is 2.51. The average molecular weight is 559 g/mol. The number of carbonyl (C=O) groups is 1. The number of anilines is 2. The van der Waals surface area contributed by atoms with E-state index in [1.807, 2.05) is 6.92 Å². The molecule has 0 fully saturated rings. The Morgan fingerprint density at radius 1 is 0.857 bits per heavy atom. The second-order valence-corrected chi connectivity index (χ2v) is 11.2. The molecule has 3 atom stereocenters. The monoisotopic (exact) mass is 558 g/mol. The smallest absolute Gasteiger partial charge is 0.450 e. The number of aryl methyl sites for hydroxylation is 4. The molecular weight excluding hydrogens is 520 g/mol. The molecule has 42 heavy (non-hydrogen) atoms. The van der Waals surface area contributed by atoms with Crippen molar-refractivity contribution >= 4 is 17.5 Å². The topological polar surface area (TPSA) is 61.8 Å². The van der Waals surface area contributed by atoms with Crippen LogP contribution in [0.3, 0.4) is 0 Å². The Morgan fingerprint density at radius 3 is 1.88 bits per heavy atom. The van der Waals surface area contributed by atoms with Gasteiger partial charge in [0.15, 0.2) is 6.10 Å². The van der Waals surface area contributed by atoms with Gasteiger partial charge in [0.2, 0.25) is 0 Å². The van der Waals surface area contributed by atoms with Crippen LogP contribution in [0.2, 0.25) is 0 Å². The zero-order valence-electron chi connectivity index (χ0n) is 24.7. The predicted octanol–water partition coefficient (Wildman–Crippen LogP) is 9.01. The summed E-state index contributed by atoms with van der Waals surface area (Å²) in [5.41, 5.74) is 8.44. The number of rotatable bonds is 8. The highest BCUT2D eigenvalue weighted by molar-refractivity contribution is 5.64. The minimum atomic E-state index is -1.35. The molecule has 4 aromatic carbocycles. The lowest BCUT2D eigenvalue weighted by atomic mass is 9.75. The Hall–Kier alpha value is -4.77. The fourth-order valence-electron chi connectivity index (χ4n) is 5.87. The molecule has 1 aliphatic heterocycles. The maximum Gasteiger partial charge on any atom is 0.506 e. The molecular formula is C37H38N2O3. The third kappa shape index (κ3) is 5.82. The van der Waals surface area contributed by atoms with E-state index in [2.05, 4.69) is 141 Å². The first-order chi connectivity index (χ1) is 20.2. The van der Waals surface area contributed by atoms with Crippen molar-refractivity contribution in [1.82, 2.24) is 0 Å². The largest absolute Gasteiger partial charge is 0.506 e. The molecule has 0 spiro atoms. The Labute approximate surface area is 248 Å². The summed E-state index contributed by atoms with van der Waals surface area (Å²) < 4.78 is 5.70. The van der Waals surface area contributed by atoms with Gasteiger partial charge in [0, 0.05) is 23.5 Å². The van der Waals surface area contributed by atoms with Crippen molar-refractivity contribution in [3.05, 3.63) is 155 Å². The van der Waals surface area contributed by atoms with Crippen molar-refractivity contribution in [3.8, 4) is 0 Å². The quantitative estimate of drug-likeness (QED) is 0.167. The standard InChI is InChI=1S/C37H38N2O3/c1-6-35(42-36(40)41)37(30-17-9-26(3)10-18-30)24-32(38-31-19-11-27(4)12-20-31)23-34(29-15-7-25(2)8-16-29)39(37)33-21-13-28(5)14-22-33/h6-22,24,34-35,38H,1,23H2,2-5H3,(H,40,41). The summed E-state index contributed by atoms with van der Waals surface area (Å²) >= 11 is 0. The number of benzene rings is 4. The summed E-state index contributed by atoms with van der Waals surface area (Å²) in [7, 11) is 0. The lowest BCUT2D eigenvalue weighted by molar-refractivity contribution is 0.0411. The van der Waals surface area contributed by atoms with E-state index in [1.54, 1.807) is 6.08 Å². The Morgan fingerprint density at radius 2 is 1.36 bits per heavy atom. The van der Waals surface area contributed by atoms with Gasteiger partial charge in [0.25, 0.3) is 0 Å². The summed E-state index contributed by atoms with van der Waals surface area (Å²) in [4.78, 5) is 14.5. The van der Waals surface area contributed by atoms with Gasteiger partial charge in [0.05, 0.1) is 6.04 Å². The van der Waals surface area contributed by atoms with E-state index >= 15 is 0 Å². The van der Waals surface area contributed by atoms with Crippen molar-refractivity contribution in [2.24, 2.45) is 0 Å². The van der Waals surface area contributed by atoms with E-state index in [0.29, 0.717) is 6.42 Å². The summed E-state index contributed by atoms with van der Waals surface area (Å²) in [5.74, 6) is 0. The summed E-state index contributed by atoms with van der Waals surface area (Å²) in [6.07, 6.45) is 2.12. The van der Waals surface area contributed by atoms with Crippen molar-refractivity contribution in [1.29, 1.82) is 0 Å². The summed E-state index contributed by atoms with van der Waals surface area (Å²) in [6, 6.07) is 33.3. The summed E-state index contributed by atoms with van der Waals surface area (Å²) in [5, 5.41) is 13.6. The zero-order chi connectivity index (χ0) is 29.9. The number of nitrogens with one attached hydrogen (secondary N) is 1. The van der Waals surface area contributed by atoms with Gasteiger partial charge in [-0.15, -0.1) is 0 Å². The second kappa shape index (κ2) is 12.0. The SMILES string of the molecule is C=CC(OC(=O)O)C1(c2ccc(C)cc2)C=C(Nc2ccc(C)cc2)CC(c2ccc(C)cc2)N1c1ccc(C)cc1. The molecule has 5 heteroatoms. The third-order valence-corrected chi connectivity index (χ3v) is 8.04. The molecule has 1 heterocycles. The van der Waals surface area contributed by atoms with Gasteiger partial charge in [-0.25, -0.2) is 4.79 Å². The lowest BCUT2D eigenvalue weighted by Gasteiger charge is -2.53. The highest BCUT2D eigenvalue weighted by Crippen LogP contribution is 2.50. The molecule has 4 aromatic rings. The maximum absolute atomic E-state index is 12.2. The lowest BCUT2D eigenvalue weighted by Crippen LogP contribution is -2.57. The predicted molar refractivity (Wildman–Crippen MR) is 171 cm³/mol. The van der Waals surface area contributed by atoms with Crippen molar-refractivity contribution in [2.45, 2.75) is 51.8 Å². The third-order valence-electron chi connectivity index (χ3n) is 8.04. The first kappa shape index (κ1) is 28.7. The van der Waals surface area contributed by atoms with Gasteiger partial charge in [-0.3, -0.25) is 0 Å². The minimum Gasteiger partial charge on any atom is -0.450 e. The molecule has 0 radical (unpaired) electrons. The number of ether oxygens (including phenoxy) is 1.